The van der Waals surface area contributed by atoms with Crippen molar-refractivity contribution in [3.8, 4) is 11.1 Å². The Hall–Kier alpha value is -3.16. The molecular formula is C31H35F2N3OS. The summed E-state index contributed by atoms with van der Waals surface area (Å²) in [5.74, 6) is -1.10. The van der Waals surface area contributed by atoms with Crippen LogP contribution in [0.5, 0.6) is 0 Å². The van der Waals surface area contributed by atoms with Crippen molar-refractivity contribution in [1.29, 1.82) is 0 Å². The summed E-state index contributed by atoms with van der Waals surface area (Å²) in [5.41, 5.74) is 9.51. The monoisotopic (exact) mass is 535 g/mol. The largest absolute Gasteiger partial charge is 0.333 e. The molecule has 1 aliphatic rings. The van der Waals surface area contributed by atoms with Crippen molar-refractivity contribution in [2.24, 2.45) is 5.73 Å². The zero-order valence-corrected chi connectivity index (χ0v) is 23.1. The van der Waals surface area contributed by atoms with E-state index in [4.69, 9.17) is 0 Å². The van der Waals surface area contributed by atoms with Crippen molar-refractivity contribution in [3.63, 3.8) is 0 Å². The Morgan fingerprint density at radius 1 is 0.974 bits per heavy atom. The topological polar surface area (TPSA) is 59.2 Å². The number of carbonyl (C=O) groups excluding carboxylic acids is 1. The van der Waals surface area contributed by atoms with Crippen LogP contribution >= 0.6 is 11.3 Å². The maximum Gasteiger partial charge on any atom is 0.264 e. The van der Waals surface area contributed by atoms with E-state index in [2.05, 4.69) is 35.8 Å². The molecule has 2 N–H and O–H groups in total. The van der Waals surface area contributed by atoms with Crippen LogP contribution in [0.4, 0.5) is 8.78 Å². The third-order valence-electron chi connectivity index (χ3n) is 7.39. The Morgan fingerprint density at radius 2 is 1.66 bits per heavy atom. The average Bonchev–Trinajstić information content (AvgIpc) is 3.33. The van der Waals surface area contributed by atoms with Gasteiger partial charge in [0, 0.05) is 30.4 Å². The fourth-order valence-electron chi connectivity index (χ4n) is 5.39. The Labute approximate surface area is 227 Å². The Morgan fingerprint density at radius 3 is 2.32 bits per heavy atom. The highest BCUT2D eigenvalue weighted by molar-refractivity contribution is 7.21. The van der Waals surface area contributed by atoms with E-state index >= 15 is 0 Å². The van der Waals surface area contributed by atoms with Crippen LogP contribution in [0.25, 0.3) is 21.2 Å². The molecule has 0 aliphatic heterocycles. The number of aromatic nitrogens is 1. The van der Waals surface area contributed by atoms with Gasteiger partial charge in [-0.1, -0.05) is 38.3 Å². The molecule has 0 unspecified atom stereocenters. The van der Waals surface area contributed by atoms with E-state index in [1.54, 1.807) is 19.3 Å². The van der Waals surface area contributed by atoms with Crippen LogP contribution in [0.15, 0.2) is 54.9 Å². The number of thiophene rings is 1. The molecule has 1 fully saturated rings. The molecule has 0 atom stereocenters. The fourth-order valence-corrected chi connectivity index (χ4v) is 6.58. The van der Waals surface area contributed by atoms with E-state index < -0.39 is 11.6 Å². The molecule has 2 heterocycles. The van der Waals surface area contributed by atoms with E-state index in [-0.39, 0.29) is 22.0 Å². The SMILES string of the molecule is CCc1ccc(-c2ccncc2)cc1CN(C(=O)c1sc2c(F)ccc(F)c2c1C)C1CCCCC1.CN. The second kappa shape index (κ2) is 12.6. The molecule has 7 heteroatoms. The minimum atomic E-state index is -0.485. The van der Waals surface area contributed by atoms with Crippen LogP contribution in [0.1, 0.15) is 65.4 Å². The molecule has 4 nitrogen and oxygen atoms in total. The summed E-state index contributed by atoms with van der Waals surface area (Å²) in [6.45, 7) is 4.33. The van der Waals surface area contributed by atoms with Crippen molar-refractivity contribution < 1.29 is 13.6 Å². The average molecular weight is 536 g/mol. The number of benzene rings is 2. The number of fused-ring (bicyclic) bond motifs is 1. The molecule has 1 saturated carbocycles. The lowest BCUT2D eigenvalue weighted by Crippen LogP contribution is -2.41. The highest BCUT2D eigenvalue weighted by Crippen LogP contribution is 2.37. The van der Waals surface area contributed by atoms with Gasteiger partial charge in [0.05, 0.1) is 9.58 Å². The van der Waals surface area contributed by atoms with Gasteiger partial charge in [-0.15, -0.1) is 11.3 Å². The lowest BCUT2D eigenvalue weighted by molar-refractivity contribution is 0.0618. The van der Waals surface area contributed by atoms with Gasteiger partial charge in [-0.2, -0.15) is 0 Å². The molecule has 1 aliphatic carbocycles. The van der Waals surface area contributed by atoms with E-state index in [9.17, 15) is 13.6 Å². The number of hydrogen-bond donors (Lipinski definition) is 1. The molecule has 38 heavy (non-hydrogen) atoms. The number of aryl methyl sites for hydroxylation is 2. The van der Waals surface area contributed by atoms with Gasteiger partial charge < -0.3 is 10.6 Å². The molecule has 0 spiro atoms. The third-order valence-corrected chi connectivity index (χ3v) is 8.68. The van der Waals surface area contributed by atoms with Gasteiger partial charge in [-0.3, -0.25) is 9.78 Å². The molecular weight excluding hydrogens is 500 g/mol. The summed E-state index contributed by atoms with van der Waals surface area (Å²) in [6, 6.07) is 12.8. The smallest absolute Gasteiger partial charge is 0.264 e. The van der Waals surface area contributed by atoms with Gasteiger partial charge in [0.25, 0.3) is 5.91 Å². The summed E-state index contributed by atoms with van der Waals surface area (Å²) in [7, 11) is 1.50. The number of hydrogen-bond acceptors (Lipinski definition) is 4. The molecule has 200 valence electrons. The quantitative estimate of drug-likeness (QED) is 0.276. The molecule has 2 aromatic heterocycles. The zero-order valence-electron chi connectivity index (χ0n) is 22.3. The Balaban J connectivity index is 0.00000164. The highest BCUT2D eigenvalue weighted by atomic mass is 32.1. The summed E-state index contributed by atoms with van der Waals surface area (Å²) >= 11 is 1.07. The minimum absolute atomic E-state index is 0.111. The number of rotatable bonds is 6. The van der Waals surface area contributed by atoms with Crippen LogP contribution in [-0.2, 0) is 13.0 Å². The van der Waals surface area contributed by atoms with Crippen molar-refractivity contribution in [3.05, 3.63) is 88.1 Å². The van der Waals surface area contributed by atoms with Crippen LogP contribution in [0.2, 0.25) is 0 Å². The van der Waals surface area contributed by atoms with Gasteiger partial charge in [-0.25, -0.2) is 8.78 Å². The van der Waals surface area contributed by atoms with E-state index in [0.717, 1.165) is 72.3 Å². The number of nitrogens with zero attached hydrogens (tertiary/aromatic N) is 2. The first-order chi connectivity index (χ1) is 18.5. The Bertz CT molecular complexity index is 1400. The third kappa shape index (κ3) is 5.64. The second-order valence-corrected chi connectivity index (χ2v) is 10.6. The maximum atomic E-state index is 14.6. The molecule has 0 bridgehead atoms. The van der Waals surface area contributed by atoms with Crippen LogP contribution < -0.4 is 5.73 Å². The van der Waals surface area contributed by atoms with Gasteiger partial charge in [0.15, 0.2) is 0 Å². The molecule has 0 saturated heterocycles. The minimum Gasteiger partial charge on any atom is -0.333 e. The fraction of sp³-hybridized carbons (Fsp3) is 0.355. The Kier molecular flexibility index (Phi) is 9.23. The first-order valence-corrected chi connectivity index (χ1v) is 14.1. The normalized spacial score (nSPS) is 13.7. The molecule has 0 radical (unpaired) electrons. The van der Waals surface area contributed by atoms with Crippen molar-refractivity contribution in [1.82, 2.24) is 9.88 Å². The summed E-state index contributed by atoms with van der Waals surface area (Å²) in [5, 5.41) is 0.223. The van der Waals surface area contributed by atoms with Crippen molar-refractivity contribution in [2.45, 2.75) is 65.0 Å². The first kappa shape index (κ1) is 27.9. The predicted octanol–water partition coefficient (Wildman–Crippen LogP) is 7.66. The van der Waals surface area contributed by atoms with Crippen molar-refractivity contribution in [2.75, 3.05) is 7.05 Å². The summed E-state index contributed by atoms with van der Waals surface area (Å²) in [6.07, 6.45) is 9.66. The zero-order chi connectivity index (χ0) is 27.2. The van der Waals surface area contributed by atoms with Gasteiger partial charge >= 0.3 is 0 Å². The molecule has 4 aromatic rings. The van der Waals surface area contributed by atoms with Gasteiger partial charge in [0.1, 0.15) is 11.6 Å². The predicted molar refractivity (Wildman–Crippen MR) is 152 cm³/mol. The van der Waals surface area contributed by atoms with Crippen LogP contribution in [0, 0.1) is 18.6 Å². The van der Waals surface area contributed by atoms with E-state index in [1.807, 2.05) is 17.0 Å². The van der Waals surface area contributed by atoms with Gasteiger partial charge in [0.2, 0.25) is 0 Å². The number of carbonyl (C=O) groups is 1. The molecule has 5 rings (SSSR count). The van der Waals surface area contributed by atoms with E-state index in [0.29, 0.717) is 17.0 Å². The second-order valence-electron chi connectivity index (χ2n) is 9.59. The number of nitrogens with two attached hydrogens (primary N) is 1. The van der Waals surface area contributed by atoms with Crippen LogP contribution in [0.3, 0.4) is 0 Å². The van der Waals surface area contributed by atoms with Gasteiger partial charge in [-0.05, 0) is 91.4 Å². The van der Waals surface area contributed by atoms with E-state index in [1.165, 1.54) is 19.0 Å². The maximum absolute atomic E-state index is 14.6. The lowest BCUT2D eigenvalue weighted by Gasteiger charge is -2.35. The number of amides is 1. The highest BCUT2D eigenvalue weighted by Gasteiger charge is 2.30. The summed E-state index contributed by atoms with van der Waals surface area (Å²) < 4.78 is 29.4. The van der Waals surface area contributed by atoms with Crippen molar-refractivity contribution >= 4 is 27.3 Å². The lowest BCUT2D eigenvalue weighted by atomic mass is 9.92. The first-order valence-electron chi connectivity index (χ1n) is 13.3. The number of halogens is 2. The number of pyridine rings is 1. The standard InChI is InChI=1S/C30H30F2N2OS.CH5N/c1-3-20-9-10-22(21-13-15-33-16-14-21)17-23(20)18-34(24-7-5-4-6-8-24)30(35)28-19(2)27-25(31)11-12-26(32)29(27)36-28;1-2/h9-17,24H,3-8,18H2,1-2H3;2H2,1H3. The van der Waals surface area contributed by atoms with Crippen LogP contribution in [-0.4, -0.2) is 28.9 Å². The molecule has 2 aromatic carbocycles. The molecule has 1 amide bonds. The summed E-state index contributed by atoms with van der Waals surface area (Å²) in [4.78, 5) is 20.6.